The highest BCUT2D eigenvalue weighted by molar-refractivity contribution is 6.07. The molecule has 1 aromatic carbocycles. The van der Waals surface area contributed by atoms with Gasteiger partial charge in [-0.25, -0.2) is 4.98 Å². The lowest BCUT2D eigenvalue weighted by atomic mass is 10.0. The molecule has 0 saturated carbocycles. The fourth-order valence-electron chi connectivity index (χ4n) is 3.14. The van der Waals surface area contributed by atoms with Gasteiger partial charge in [0.2, 0.25) is 5.91 Å². The molecule has 3 aromatic rings. The zero-order valence-electron chi connectivity index (χ0n) is 12.9. The second-order valence-electron chi connectivity index (χ2n) is 5.70. The van der Waals surface area contributed by atoms with Crippen LogP contribution >= 0.6 is 0 Å². The number of benzene rings is 1. The van der Waals surface area contributed by atoms with Gasteiger partial charge < -0.3 is 15.2 Å². The molecule has 4 rings (SSSR count). The van der Waals surface area contributed by atoms with Gasteiger partial charge in [-0.05, 0) is 17.7 Å². The molecule has 2 aromatic heterocycles. The van der Waals surface area contributed by atoms with Gasteiger partial charge in [-0.1, -0.05) is 30.3 Å². The number of piperazine rings is 1. The molecule has 1 atom stereocenters. The Balaban J connectivity index is 1.75. The zero-order valence-corrected chi connectivity index (χ0v) is 12.9. The molecule has 1 aliphatic rings. The number of nitrogens with one attached hydrogen (secondary N) is 2. The van der Waals surface area contributed by atoms with Gasteiger partial charge in [0, 0.05) is 30.9 Å². The molecule has 24 heavy (non-hydrogen) atoms. The predicted octanol–water partition coefficient (Wildman–Crippen LogP) is 1.88. The summed E-state index contributed by atoms with van der Waals surface area (Å²) in [5, 5.41) is 3.61. The van der Waals surface area contributed by atoms with Crippen LogP contribution in [0, 0.1) is 0 Å². The van der Waals surface area contributed by atoms with Crippen molar-refractivity contribution in [1.29, 1.82) is 0 Å². The quantitative estimate of drug-likeness (QED) is 0.757. The summed E-state index contributed by atoms with van der Waals surface area (Å²) in [6.45, 7) is 0.922. The smallest absolute Gasteiger partial charge is 0.257 e. The molecule has 1 fully saturated rings. The molecule has 1 aliphatic heterocycles. The van der Waals surface area contributed by atoms with Gasteiger partial charge in [0.25, 0.3) is 5.91 Å². The molecule has 0 radical (unpaired) electrons. The van der Waals surface area contributed by atoms with E-state index in [1.165, 1.54) is 0 Å². The van der Waals surface area contributed by atoms with Crippen LogP contribution in [0.1, 0.15) is 22.0 Å². The third kappa shape index (κ3) is 2.32. The van der Waals surface area contributed by atoms with E-state index in [9.17, 15) is 9.59 Å². The number of pyridine rings is 1. The van der Waals surface area contributed by atoms with Gasteiger partial charge in [0.05, 0.1) is 5.56 Å². The van der Waals surface area contributed by atoms with Crippen molar-refractivity contribution in [1.82, 2.24) is 20.2 Å². The number of amides is 2. The first-order chi connectivity index (χ1) is 11.8. The number of carbonyl (C=O) groups is 2. The van der Waals surface area contributed by atoms with Crippen LogP contribution in [0.5, 0.6) is 0 Å². The number of hydrogen-bond acceptors (Lipinski definition) is 3. The van der Waals surface area contributed by atoms with Crippen molar-refractivity contribution in [3.63, 3.8) is 0 Å². The standard InChI is InChI=1S/C18H16N4O2/c23-17-15(12-5-2-1-3-6-12)22(10-9-20-17)18(24)14-11-21-16-13(14)7-4-8-19-16/h1-8,11,15H,9-10H2,(H,19,21)(H,20,23). The van der Waals surface area contributed by atoms with Crippen LogP contribution in [0.25, 0.3) is 11.0 Å². The molecular weight excluding hydrogens is 304 g/mol. The Labute approximate surface area is 138 Å². The molecular formula is C18H16N4O2. The molecule has 2 amide bonds. The molecule has 0 aliphatic carbocycles. The van der Waals surface area contributed by atoms with Crippen molar-refractivity contribution >= 4 is 22.8 Å². The highest BCUT2D eigenvalue weighted by Crippen LogP contribution is 2.27. The van der Waals surface area contributed by atoms with E-state index in [1.807, 2.05) is 36.4 Å². The number of H-pyrrole nitrogens is 1. The Morgan fingerprint density at radius 1 is 1.17 bits per heavy atom. The number of fused-ring (bicyclic) bond motifs is 1. The number of carbonyl (C=O) groups excluding carboxylic acids is 2. The Kier molecular flexibility index (Phi) is 3.49. The summed E-state index contributed by atoms with van der Waals surface area (Å²) >= 11 is 0. The highest BCUT2D eigenvalue weighted by atomic mass is 16.2. The van der Waals surface area contributed by atoms with Crippen molar-refractivity contribution < 1.29 is 9.59 Å². The van der Waals surface area contributed by atoms with Gasteiger partial charge >= 0.3 is 0 Å². The average molecular weight is 320 g/mol. The predicted molar refractivity (Wildman–Crippen MR) is 89.3 cm³/mol. The van der Waals surface area contributed by atoms with E-state index >= 15 is 0 Å². The van der Waals surface area contributed by atoms with Crippen LogP contribution < -0.4 is 5.32 Å². The second-order valence-corrected chi connectivity index (χ2v) is 5.70. The lowest BCUT2D eigenvalue weighted by Gasteiger charge is -2.35. The minimum Gasteiger partial charge on any atom is -0.352 e. The van der Waals surface area contributed by atoms with Crippen LogP contribution in [0.2, 0.25) is 0 Å². The van der Waals surface area contributed by atoms with Crippen molar-refractivity contribution in [3.05, 3.63) is 66.0 Å². The Morgan fingerprint density at radius 2 is 2.00 bits per heavy atom. The minimum atomic E-state index is -0.617. The van der Waals surface area contributed by atoms with Crippen LogP contribution in [-0.4, -0.2) is 39.8 Å². The first kappa shape index (κ1) is 14.4. The van der Waals surface area contributed by atoms with E-state index in [0.717, 1.165) is 10.9 Å². The molecule has 2 N–H and O–H groups in total. The topological polar surface area (TPSA) is 78.1 Å². The summed E-state index contributed by atoms with van der Waals surface area (Å²) in [4.78, 5) is 34.4. The largest absolute Gasteiger partial charge is 0.352 e. The van der Waals surface area contributed by atoms with Crippen molar-refractivity contribution in [2.45, 2.75) is 6.04 Å². The molecule has 0 bridgehead atoms. The summed E-state index contributed by atoms with van der Waals surface area (Å²) < 4.78 is 0. The molecule has 6 nitrogen and oxygen atoms in total. The molecule has 120 valence electrons. The third-order valence-corrected chi connectivity index (χ3v) is 4.27. The van der Waals surface area contributed by atoms with Gasteiger partial charge in [-0.2, -0.15) is 0 Å². The Bertz CT molecular complexity index is 904. The van der Waals surface area contributed by atoms with Gasteiger partial charge in [-0.15, -0.1) is 0 Å². The first-order valence-corrected chi connectivity index (χ1v) is 7.81. The summed E-state index contributed by atoms with van der Waals surface area (Å²) in [6.07, 6.45) is 3.34. The van der Waals surface area contributed by atoms with E-state index in [0.29, 0.717) is 24.3 Å². The molecule has 3 heterocycles. The summed E-state index contributed by atoms with van der Waals surface area (Å²) in [7, 11) is 0. The number of hydrogen-bond donors (Lipinski definition) is 2. The third-order valence-electron chi connectivity index (χ3n) is 4.27. The number of aromatic amines is 1. The van der Waals surface area contributed by atoms with Crippen molar-refractivity contribution in [2.24, 2.45) is 0 Å². The second kappa shape index (κ2) is 5.81. The minimum absolute atomic E-state index is 0.154. The molecule has 6 heteroatoms. The summed E-state index contributed by atoms with van der Waals surface area (Å²) in [5.41, 5.74) is 2.01. The maximum Gasteiger partial charge on any atom is 0.257 e. The molecule has 1 unspecified atom stereocenters. The average Bonchev–Trinajstić information content (AvgIpc) is 3.06. The summed E-state index contributed by atoms with van der Waals surface area (Å²) in [5.74, 6) is -0.322. The summed E-state index contributed by atoms with van der Waals surface area (Å²) in [6, 6.07) is 12.4. The first-order valence-electron chi connectivity index (χ1n) is 7.81. The molecule has 0 spiro atoms. The van der Waals surface area contributed by atoms with Crippen LogP contribution in [-0.2, 0) is 4.79 Å². The normalized spacial score (nSPS) is 17.8. The lowest BCUT2D eigenvalue weighted by molar-refractivity contribution is -0.128. The monoisotopic (exact) mass is 320 g/mol. The number of rotatable bonds is 2. The maximum absolute atomic E-state index is 13.1. The van der Waals surface area contributed by atoms with Gasteiger partial charge in [0.1, 0.15) is 11.7 Å². The molecule has 1 saturated heterocycles. The SMILES string of the molecule is O=C1NCCN(C(=O)c2c[nH]c3ncccc23)C1c1ccccc1. The van der Waals surface area contributed by atoms with Crippen LogP contribution in [0.15, 0.2) is 54.9 Å². The number of aromatic nitrogens is 2. The fourth-order valence-corrected chi connectivity index (χ4v) is 3.14. The maximum atomic E-state index is 13.1. The van der Waals surface area contributed by atoms with Gasteiger partial charge in [-0.3, -0.25) is 9.59 Å². The Hall–Kier alpha value is -3.15. The van der Waals surface area contributed by atoms with Crippen molar-refractivity contribution in [3.8, 4) is 0 Å². The van der Waals surface area contributed by atoms with E-state index in [-0.39, 0.29) is 11.8 Å². The fraction of sp³-hybridized carbons (Fsp3) is 0.167. The lowest BCUT2D eigenvalue weighted by Crippen LogP contribution is -2.52. The van der Waals surface area contributed by atoms with Crippen LogP contribution in [0.4, 0.5) is 0 Å². The van der Waals surface area contributed by atoms with E-state index < -0.39 is 6.04 Å². The van der Waals surface area contributed by atoms with Crippen molar-refractivity contribution in [2.75, 3.05) is 13.1 Å². The highest BCUT2D eigenvalue weighted by Gasteiger charge is 2.35. The Morgan fingerprint density at radius 3 is 2.83 bits per heavy atom. The zero-order chi connectivity index (χ0) is 16.5. The van der Waals surface area contributed by atoms with E-state index in [4.69, 9.17) is 0 Å². The van der Waals surface area contributed by atoms with Crippen LogP contribution in [0.3, 0.4) is 0 Å². The van der Waals surface area contributed by atoms with E-state index in [1.54, 1.807) is 23.4 Å². The van der Waals surface area contributed by atoms with E-state index in [2.05, 4.69) is 15.3 Å². The number of nitrogens with zero attached hydrogens (tertiary/aromatic N) is 2. The van der Waals surface area contributed by atoms with Gasteiger partial charge in [0.15, 0.2) is 0 Å².